The number of amides is 4. The van der Waals surface area contributed by atoms with Crippen molar-refractivity contribution < 1.29 is 44.1 Å². The summed E-state index contributed by atoms with van der Waals surface area (Å²) >= 11 is 1.54. The van der Waals surface area contributed by atoms with E-state index in [2.05, 4.69) is 16.0 Å². The van der Waals surface area contributed by atoms with Crippen molar-refractivity contribution in [2.24, 2.45) is 0 Å². The fraction of sp³-hybridized carbons (Fsp3) is 0.429. The highest BCUT2D eigenvalue weighted by Gasteiger charge is 2.24. The van der Waals surface area contributed by atoms with Crippen LogP contribution in [0.2, 0.25) is 0 Å². The molecule has 1 aromatic carbocycles. The Hall–Kier alpha value is -3.81. The molecular formula is C21H28N4O9S. The maximum Gasteiger partial charge on any atom is 0.328 e. The summed E-state index contributed by atoms with van der Waals surface area (Å²) in [5, 5.41) is 36.0. The monoisotopic (exact) mass is 512 g/mol. The predicted octanol–water partition coefficient (Wildman–Crippen LogP) is 0.105. The largest absolute Gasteiger partial charge is 0.481 e. The third-order valence-corrected chi connectivity index (χ3v) is 5.31. The lowest BCUT2D eigenvalue weighted by Crippen LogP contribution is -2.52. The van der Waals surface area contributed by atoms with E-state index in [0.29, 0.717) is 5.56 Å². The van der Waals surface area contributed by atoms with Crippen LogP contribution in [-0.2, 0) is 19.2 Å². The molecule has 14 heteroatoms. The van der Waals surface area contributed by atoms with Crippen LogP contribution in [0.1, 0.15) is 36.0 Å². The Morgan fingerprint density at radius 2 is 1.49 bits per heavy atom. The Morgan fingerprint density at radius 3 is 2.03 bits per heavy atom. The van der Waals surface area contributed by atoms with Crippen molar-refractivity contribution in [1.82, 2.24) is 21.3 Å². The van der Waals surface area contributed by atoms with Crippen molar-refractivity contribution in [3.8, 4) is 0 Å². The van der Waals surface area contributed by atoms with Gasteiger partial charge in [-0.05, 0) is 43.4 Å². The molecule has 0 aromatic heterocycles. The summed E-state index contributed by atoms with van der Waals surface area (Å²) in [5.41, 5.74) is 0.468. The zero-order valence-corrected chi connectivity index (χ0v) is 19.7. The van der Waals surface area contributed by atoms with E-state index in [1.165, 1.54) is 0 Å². The minimum absolute atomic E-state index is 0.0854. The summed E-state index contributed by atoms with van der Waals surface area (Å²) in [5.74, 6) is -5.05. The van der Waals surface area contributed by atoms with Crippen LogP contribution in [0.25, 0.3) is 0 Å². The van der Waals surface area contributed by atoms with Gasteiger partial charge in [0.2, 0.25) is 5.91 Å². The molecule has 4 amide bonds. The molecule has 0 bridgehead atoms. The number of benzene rings is 1. The average Bonchev–Trinajstić information content (AvgIpc) is 2.81. The number of nitrogens with one attached hydrogen (secondary N) is 4. The Labute approximate surface area is 205 Å². The highest BCUT2D eigenvalue weighted by molar-refractivity contribution is 7.98. The molecule has 7 N–H and O–H groups in total. The first-order chi connectivity index (χ1) is 16.5. The molecule has 1 rings (SSSR count). The fourth-order valence-corrected chi connectivity index (χ4v) is 3.10. The third-order valence-electron chi connectivity index (χ3n) is 4.57. The molecule has 0 saturated heterocycles. The van der Waals surface area contributed by atoms with Crippen molar-refractivity contribution in [1.29, 1.82) is 0 Å². The first kappa shape index (κ1) is 29.2. The van der Waals surface area contributed by atoms with E-state index >= 15 is 0 Å². The van der Waals surface area contributed by atoms with Crippen LogP contribution in [0.3, 0.4) is 0 Å². The molecule has 0 aliphatic rings. The van der Waals surface area contributed by atoms with Gasteiger partial charge in [0.05, 0.1) is 6.54 Å². The van der Waals surface area contributed by atoms with Gasteiger partial charge in [-0.3, -0.25) is 14.4 Å². The molecule has 0 spiro atoms. The first-order valence-corrected chi connectivity index (χ1v) is 11.7. The van der Waals surface area contributed by atoms with Gasteiger partial charge in [-0.1, -0.05) is 0 Å². The second-order valence-electron chi connectivity index (χ2n) is 7.22. The van der Waals surface area contributed by atoms with Gasteiger partial charge in [0, 0.05) is 29.8 Å². The maximum absolute atomic E-state index is 12.1. The van der Waals surface area contributed by atoms with E-state index in [1.54, 1.807) is 23.9 Å². The smallest absolute Gasteiger partial charge is 0.328 e. The molecular weight excluding hydrogens is 484 g/mol. The summed E-state index contributed by atoms with van der Waals surface area (Å²) in [4.78, 5) is 70.1. The number of urea groups is 1. The molecule has 192 valence electrons. The number of thioether (sulfide) groups is 1. The Morgan fingerprint density at radius 1 is 0.857 bits per heavy atom. The molecule has 0 unspecified atom stereocenters. The molecule has 13 nitrogen and oxygen atoms in total. The number of aliphatic carboxylic acids is 3. The van der Waals surface area contributed by atoms with Crippen LogP contribution in [0.15, 0.2) is 29.2 Å². The van der Waals surface area contributed by atoms with Gasteiger partial charge in [0.25, 0.3) is 5.91 Å². The maximum atomic E-state index is 12.1. The summed E-state index contributed by atoms with van der Waals surface area (Å²) in [6, 6.07) is 2.98. The molecule has 0 aliphatic heterocycles. The molecule has 0 fully saturated rings. The average molecular weight is 513 g/mol. The van der Waals surface area contributed by atoms with Crippen LogP contribution in [-0.4, -0.2) is 82.5 Å². The van der Waals surface area contributed by atoms with Crippen LogP contribution in [0.4, 0.5) is 4.79 Å². The number of carbonyl (C=O) groups excluding carboxylic acids is 3. The Kier molecular flexibility index (Phi) is 12.7. The van der Waals surface area contributed by atoms with E-state index in [1.807, 2.05) is 23.7 Å². The lowest BCUT2D eigenvalue weighted by Gasteiger charge is -2.18. The molecule has 0 radical (unpaired) electrons. The van der Waals surface area contributed by atoms with Crippen molar-refractivity contribution in [3.05, 3.63) is 29.8 Å². The van der Waals surface area contributed by atoms with Gasteiger partial charge in [0.15, 0.2) is 0 Å². The van der Waals surface area contributed by atoms with E-state index in [9.17, 15) is 33.9 Å². The summed E-state index contributed by atoms with van der Waals surface area (Å²) in [6.45, 7) is -0.358. The van der Waals surface area contributed by atoms with Gasteiger partial charge in [-0.15, -0.1) is 11.8 Å². The number of carbonyl (C=O) groups is 6. The highest BCUT2D eigenvalue weighted by Crippen LogP contribution is 2.14. The predicted molar refractivity (Wildman–Crippen MR) is 124 cm³/mol. The second-order valence-corrected chi connectivity index (χ2v) is 8.10. The van der Waals surface area contributed by atoms with Crippen LogP contribution in [0.5, 0.6) is 0 Å². The molecule has 1 aromatic rings. The molecule has 2 atom stereocenters. The second kappa shape index (κ2) is 15.2. The Balaban J connectivity index is 2.41. The zero-order chi connectivity index (χ0) is 26.4. The normalized spacial score (nSPS) is 12.0. The van der Waals surface area contributed by atoms with Crippen molar-refractivity contribution in [2.45, 2.75) is 42.7 Å². The minimum Gasteiger partial charge on any atom is -0.481 e. The molecule has 0 aliphatic carbocycles. The number of carboxylic acids is 3. The lowest BCUT2D eigenvalue weighted by atomic mass is 10.1. The van der Waals surface area contributed by atoms with Gasteiger partial charge >= 0.3 is 23.9 Å². The summed E-state index contributed by atoms with van der Waals surface area (Å²) in [6.07, 6.45) is 1.22. The van der Waals surface area contributed by atoms with E-state index in [0.717, 1.165) is 4.90 Å². The van der Waals surface area contributed by atoms with Crippen LogP contribution >= 0.6 is 11.8 Å². The molecule has 0 saturated carbocycles. The van der Waals surface area contributed by atoms with Crippen LogP contribution < -0.4 is 21.3 Å². The summed E-state index contributed by atoms with van der Waals surface area (Å²) < 4.78 is 0. The number of hydrogen-bond acceptors (Lipinski definition) is 7. The van der Waals surface area contributed by atoms with E-state index < -0.39 is 54.9 Å². The van der Waals surface area contributed by atoms with Gasteiger partial charge in [0.1, 0.15) is 12.1 Å². The van der Waals surface area contributed by atoms with E-state index in [-0.39, 0.29) is 31.7 Å². The van der Waals surface area contributed by atoms with Crippen LogP contribution in [0, 0.1) is 0 Å². The molecule has 0 heterocycles. The summed E-state index contributed by atoms with van der Waals surface area (Å²) in [7, 11) is 0. The SMILES string of the molecule is CSc1ccc(C(=O)NCCCC(=O)N[C@H](CNC(=O)N[C@@H](CCC(=O)O)C(=O)O)C(=O)O)cc1. The first-order valence-electron chi connectivity index (χ1n) is 10.5. The lowest BCUT2D eigenvalue weighted by molar-refractivity contribution is -0.142. The number of rotatable bonds is 15. The van der Waals surface area contributed by atoms with E-state index in [4.69, 9.17) is 10.2 Å². The quantitative estimate of drug-likeness (QED) is 0.124. The highest BCUT2D eigenvalue weighted by atomic mass is 32.2. The number of hydrogen-bond donors (Lipinski definition) is 7. The Bertz CT molecular complexity index is 924. The number of carboxylic acid groups (broad SMARTS) is 3. The van der Waals surface area contributed by atoms with Gasteiger partial charge < -0.3 is 36.6 Å². The van der Waals surface area contributed by atoms with Gasteiger partial charge in [-0.2, -0.15) is 0 Å². The standard InChI is InChI=1S/C21H28N4O9S/c1-35-13-6-4-12(5-7-13)18(29)22-10-2-3-16(26)24-15(20(32)33)11-23-21(34)25-14(19(30)31)8-9-17(27)28/h4-7,14-15H,2-3,8-11H2,1H3,(H,22,29)(H,24,26)(H,27,28)(H,30,31)(H,32,33)(H2,23,25,34)/t14-,15+/m0/s1. The molecule has 35 heavy (non-hydrogen) atoms. The van der Waals surface area contributed by atoms with Crippen molar-refractivity contribution >= 4 is 47.5 Å². The minimum atomic E-state index is -1.49. The fourth-order valence-electron chi connectivity index (χ4n) is 2.69. The van der Waals surface area contributed by atoms with Crippen molar-refractivity contribution in [3.63, 3.8) is 0 Å². The topological polar surface area (TPSA) is 211 Å². The zero-order valence-electron chi connectivity index (χ0n) is 18.9. The van der Waals surface area contributed by atoms with Crippen molar-refractivity contribution in [2.75, 3.05) is 19.3 Å². The van der Waals surface area contributed by atoms with Gasteiger partial charge in [-0.25, -0.2) is 14.4 Å². The third kappa shape index (κ3) is 11.7.